The van der Waals surface area contributed by atoms with Gasteiger partial charge in [0.05, 0.1) is 13.0 Å². The first-order valence-electron chi connectivity index (χ1n) is 5.50. The van der Waals surface area contributed by atoms with Gasteiger partial charge in [-0.3, -0.25) is 4.79 Å². The van der Waals surface area contributed by atoms with E-state index < -0.39 is 11.9 Å². The third-order valence-electron chi connectivity index (χ3n) is 2.78. The summed E-state index contributed by atoms with van der Waals surface area (Å²) in [7, 11) is 1.52. The average Bonchev–Trinajstić information content (AvgIpc) is 2.25. The number of carboxylic acids is 1. The van der Waals surface area contributed by atoms with Crippen molar-refractivity contribution >= 4 is 5.97 Å². The maximum absolute atomic E-state index is 11.2. The van der Waals surface area contributed by atoms with Crippen LogP contribution in [0.15, 0.2) is 12.1 Å². The first-order chi connectivity index (χ1) is 8.01. The van der Waals surface area contributed by atoms with E-state index in [2.05, 4.69) is 0 Å². The smallest absolute Gasteiger partial charge is 0.311 e. The molecule has 0 saturated carbocycles. The van der Waals surface area contributed by atoms with Crippen molar-refractivity contribution in [1.82, 2.24) is 0 Å². The van der Waals surface area contributed by atoms with E-state index in [9.17, 15) is 9.90 Å². The average molecular weight is 238 g/mol. The van der Waals surface area contributed by atoms with Gasteiger partial charge in [0.15, 0.2) is 0 Å². The molecule has 4 nitrogen and oxygen atoms in total. The fourth-order valence-electron chi connectivity index (χ4n) is 2.08. The molecule has 0 amide bonds. The Kier molecular flexibility index (Phi) is 4.52. The molecule has 1 aromatic carbocycles. The number of methoxy groups -OCH3 is 1. The lowest BCUT2D eigenvalue weighted by atomic mass is 9.90. The molecule has 0 aliphatic heterocycles. The number of carboxylic acid groups (broad SMARTS) is 1. The monoisotopic (exact) mass is 238 g/mol. The van der Waals surface area contributed by atoms with Crippen LogP contribution >= 0.6 is 0 Å². The number of hydrogen-bond acceptors (Lipinski definition) is 3. The molecule has 1 unspecified atom stereocenters. The van der Waals surface area contributed by atoms with Gasteiger partial charge in [-0.1, -0.05) is 6.07 Å². The van der Waals surface area contributed by atoms with E-state index in [1.54, 1.807) is 0 Å². The highest BCUT2D eigenvalue weighted by Gasteiger charge is 2.24. The van der Waals surface area contributed by atoms with Crippen molar-refractivity contribution in [3.63, 3.8) is 0 Å². The first kappa shape index (κ1) is 13.5. The minimum atomic E-state index is -0.940. The molecule has 1 atom stereocenters. The molecule has 1 aromatic rings. The number of aliphatic hydroxyl groups excluding tert-OH is 1. The van der Waals surface area contributed by atoms with E-state index in [0.29, 0.717) is 11.3 Å². The molecule has 4 heteroatoms. The van der Waals surface area contributed by atoms with Gasteiger partial charge >= 0.3 is 5.97 Å². The van der Waals surface area contributed by atoms with Crippen molar-refractivity contribution < 1.29 is 19.7 Å². The van der Waals surface area contributed by atoms with E-state index >= 15 is 0 Å². The number of aliphatic hydroxyl groups is 1. The number of aryl methyl sites for hydroxylation is 2. The van der Waals surface area contributed by atoms with Crippen molar-refractivity contribution in [3.8, 4) is 5.75 Å². The summed E-state index contributed by atoms with van der Waals surface area (Å²) in [6.45, 7) is 3.63. The summed E-state index contributed by atoms with van der Waals surface area (Å²) in [6.07, 6.45) is 0.190. The molecule has 94 valence electrons. The molecule has 2 N–H and O–H groups in total. The van der Waals surface area contributed by atoms with Crippen LogP contribution in [0, 0.1) is 13.8 Å². The predicted molar refractivity (Wildman–Crippen MR) is 64.5 cm³/mol. The zero-order valence-corrected chi connectivity index (χ0v) is 10.4. The fraction of sp³-hybridized carbons (Fsp3) is 0.462. The van der Waals surface area contributed by atoms with Crippen molar-refractivity contribution in [3.05, 3.63) is 28.8 Å². The van der Waals surface area contributed by atoms with Crippen LogP contribution in [-0.4, -0.2) is 29.9 Å². The Balaban J connectivity index is 3.30. The minimum absolute atomic E-state index is 0.159. The van der Waals surface area contributed by atoms with Gasteiger partial charge in [0.25, 0.3) is 0 Å². The van der Waals surface area contributed by atoms with Crippen LogP contribution in [0.1, 0.15) is 29.0 Å². The van der Waals surface area contributed by atoms with Crippen molar-refractivity contribution in [1.29, 1.82) is 0 Å². The van der Waals surface area contributed by atoms with Crippen LogP contribution in [0.25, 0.3) is 0 Å². The number of aliphatic carboxylic acids is 1. The largest absolute Gasteiger partial charge is 0.496 e. The quantitative estimate of drug-likeness (QED) is 0.821. The van der Waals surface area contributed by atoms with Crippen LogP contribution in [0.5, 0.6) is 5.75 Å². The van der Waals surface area contributed by atoms with Gasteiger partial charge in [-0.2, -0.15) is 0 Å². The third-order valence-corrected chi connectivity index (χ3v) is 2.78. The molecular weight excluding hydrogens is 220 g/mol. The Morgan fingerprint density at radius 3 is 2.53 bits per heavy atom. The van der Waals surface area contributed by atoms with Gasteiger partial charge < -0.3 is 14.9 Å². The summed E-state index contributed by atoms with van der Waals surface area (Å²) >= 11 is 0. The summed E-state index contributed by atoms with van der Waals surface area (Å²) in [5.74, 6) is -1.09. The van der Waals surface area contributed by atoms with E-state index in [-0.39, 0.29) is 13.0 Å². The lowest BCUT2D eigenvalue weighted by Crippen LogP contribution is -2.15. The van der Waals surface area contributed by atoms with E-state index in [1.165, 1.54) is 7.11 Å². The van der Waals surface area contributed by atoms with Crippen LogP contribution in [-0.2, 0) is 4.79 Å². The number of rotatable bonds is 5. The SMILES string of the molecule is COc1cc(C)cc(C)c1C(CCO)C(=O)O. The molecule has 0 heterocycles. The third kappa shape index (κ3) is 2.97. The van der Waals surface area contributed by atoms with Gasteiger partial charge in [0.2, 0.25) is 0 Å². The molecule has 0 radical (unpaired) electrons. The number of benzene rings is 1. The molecule has 17 heavy (non-hydrogen) atoms. The predicted octanol–water partition coefficient (Wildman–Crippen LogP) is 1.86. The summed E-state index contributed by atoms with van der Waals surface area (Å²) in [6, 6.07) is 3.74. The number of carbonyl (C=O) groups is 1. The first-order valence-corrected chi connectivity index (χ1v) is 5.50. The van der Waals surface area contributed by atoms with Crippen LogP contribution in [0.4, 0.5) is 0 Å². The zero-order chi connectivity index (χ0) is 13.0. The Morgan fingerprint density at radius 2 is 2.06 bits per heavy atom. The molecular formula is C13H18O4. The fourth-order valence-corrected chi connectivity index (χ4v) is 2.08. The highest BCUT2D eigenvalue weighted by Crippen LogP contribution is 2.33. The molecule has 1 rings (SSSR count). The van der Waals surface area contributed by atoms with Gasteiger partial charge in [0, 0.05) is 12.2 Å². The van der Waals surface area contributed by atoms with Crippen LogP contribution in [0.2, 0.25) is 0 Å². The normalized spacial score (nSPS) is 12.2. The lowest BCUT2D eigenvalue weighted by Gasteiger charge is -2.18. The zero-order valence-electron chi connectivity index (χ0n) is 10.4. The topological polar surface area (TPSA) is 66.8 Å². The minimum Gasteiger partial charge on any atom is -0.496 e. The number of ether oxygens (including phenoxy) is 1. The summed E-state index contributed by atoms with van der Waals surface area (Å²) in [4.78, 5) is 11.2. The Labute approximate surface area is 101 Å². The van der Waals surface area contributed by atoms with Gasteiger partial charge in [-0.15, -0.1) is 0 Å². The van der Waals surface area contributed by atoms with E-state index in [0.717, 1.165) is 11.1 Å². The Morgan fingerprint density at radius 1 is 1.41 bits per heavy atom. The summed E-state index contributed by atoms with van der Waals surface area (Å²) < 4.78 is 5.24. The maximum Gasteiger partial charge on any atom is 0.311 e. The second kappa shape index (κ2) is 5.68. The van der Waals surface area contributed by atoms with Gasteiger partial charge in [-0.05, 0) is 37.5 Å². The molecule has 0 bridgehead atoms. The standard InChI is InChI=1S/C13H18O4/c1-8-6-9(2)12(11(7-8)17-3)10(4-5-14)13(15)16/h6-7,10,14H,4-5H2,1-3H3,(H,15,16). The van der Waals surface area contributed by atoms with Crippen LogP contribution < -0.4 is 4.74 Å². The molecule has 0 aliphatic rings. The lowest BCUT2D eigenvalue weighted by molar-refractivity contribution is -0.139. The molecule has 0 saturated heterocycles. The molecule has 0 aliphatic carbocycles. The second-order valence-corrected chi connectivity index (χ2v) is 4.10. The van der Waals surface area contributed by atoms with E-state index in [4.69, 9.17) is 9.84 Å². The van der Waals surface area contributed by atoms with Gasteiger partial charge in [-0.25, -0.2) is 0 Å². The second-order valence-electron chi connectivity index (χ2n) is 4.10. The Bertz CT molecular complexity index is 412. The van der Waals surface area contributed by atoms with Crippen molar-refractivity contribution in [2.75, 3.05) is 13.7 Å². The van der Waals surface area contributed by atoms with Crippen molar-refractivity contribution in [2.24, 2.45) is 0 Å². The molecule has 0 spiro atoms. The maximum atomic E-state index is 11.2. The summed E-state index contributed by atoms with van der Waals surface area (Å²) in [5, 5.41) is 18.2. The summed E-state index contributed by atoms with van der Waals surface area (Å²) in [5.41, 5.74) is 2.55. The highest BCUT2D eigenvalue weighted by atomic mass is 16.5. The van der Waals surface area contributed by atoms with Crippen molar-refractivity contribution in [2.45, 2.75) is 26.2 Å². The van der Waals surface area contributed by atoms with E-state index in [1.807, 2.05) is 26.0 Å². The number of hydrogen-bond donors (Lipinski definition) is 2. The van der Waals surface area contributed by atoms with Crippen LogP contribution in [0.3, 0.4) is 0 Å². The molecule has 0 aromatic heterocycles. The molecule has 0 fully saturated rings. The Hall–Kier alpha value is -1.55. The van der Waals surface area contributed by atoms with Gasteiger partial charge in [0.1, 0.15) is 5.75 Å². The highest BCUT2D eigenvalue weighted by molar-refractivity contribution is 5.78.